The van der Waals surface area contributed by atoms with Crippen LogP contribution in [-0.2, 0) is 22.5 Å². The first kappa shape index (κ1) is 25.6. The Balaban J connectivity index is 1.89. The largest absolute Gasteiger partial charge is 0.493 e. The van der Waals surface area contributed by atoms with Crippen LogP contribution < -0.4 is 4.74 Å². The van der Waals surface area contributed by atoms with Crippen LogP contribution in [0, 0.1) is 11.8 Å². The van der Waals surface area contributed by atoms with E-state index in [1.165, 1.54) is 40.2 Å². The first-order valence-corrected chi connectivity index (χ1v) is 12.6. The Morgan fingerprint density at radius 2 is 1.88 bits per heavy atom. The molecule has 0 radical (unpaired) electrons. The van der Waals surface area contributed by atoms with Crippen molar-refractivity contribution in [3.8, 4) is 17.0 Å². The van der Waals surface area contributed by atoms with Gasteiger partial charge in [0.2, 0.25) is 0 Å². The van der Waals surface area contributed by atoms with Gasteiger partial charge in [-0.15, -0.1) is 0 Å². The van der Waals surface area contributed by atoms with Crippen molar-refractivity contribution in [2.24, 2.45) is 11.8 Å². The van der Waals surface area contributed by atoms with Gasteiger partial charge in [-0.25, -0.2) is 4.79 Å². The van der Waals surface area contributed by atoms with Crippen LogP contribution in [0.15, 0.2) is 61.2 Å². The van der Waals surface area contributed by atoms with Gasteiger partial charge in [0.15, 0.2) is 0 Å². The van der Waals surface area contributed by atoms with Crippen LogP contribution in [0.5, 0.6) is 5.75 Å². The molecular weight excluding hydrogens is 422 g/mol. The third-order valence-electron chi connectivity index (χ3n) is 6.40. The quantitative estimate of drug-likeness (QED) is 0.196. The summed E-state index contributed by atoms with van der Waals surface area (Å²) >= 11 is 0. The minimum Gasteiger partial charge on any atom is -0.493 e. The lowest BCUT2D eigenvalue weighted by Gasteiger charge is -2.17. The molecule has 0 N–H and O–H groups in total. The van der Waals surface area contributed by atoms with Crippen molar-refractivity contribution < 1.29 is 14.3 Å². The first-order valence-electron chi connectivity index (χ1n) is 12.6. The first-order chi connectivity index (χ1) is 16.5. The van der Waals surface area contributed by atoms with Crippen molar-refractivity contribution in [2.45, 2.75) is 59.9 Å². The number of ether oxygens (including phenoxy) is 2. The molecule has 0 aliphatic rings. The highest BCUT2D eigenvalue weighted by Crippen LogP contribution is 2.33. The molecule has 182 valence electrons. The van der Waals surface area contributed by atoms with E-state index in [9.17, 15) is 4.79 Å². The van der Waals surface area contributed by atoms with Gasteiger partial charge in [-0.1, -0.05) is 58.5 Å². The molecule has 1 unspecified atom stereocenters. The molecule has 0 amide bonds. The summed E-state index contributed by atoms with van der Waals surface area (Å²) in [5.74, 6) is 1.29. The van der Waals surface area contributed by atoms with Crippen LogP contribution in [0.4, 0.5) is 0 Å². The van der Waals surface area contributed by atoms with E-state index in [-0.39, 0.29) is 11.9 Å². The summed E-state index contributed by atoms with van der Waals surface area (Å²) in [5.41, 5.74) is 5.15. The van der Waals surface area contributed by atoms with Crippen LogP contribution in [0.1, 0.15) is 52.5 Å². The van der Waals surface area contributed by atoms with E-state index in [4.69, 9.17) is 9.47 Å². The fourth-order valence-corrected chi connectivity index (χ4v) is 4.28. The molecule has 34 heavy (non-hydrogen) atoms. The van der Waals surface area contributed by atoms with Crippen LogP contribution in [-0.4, -0.2) is 23.8 Å². The van der Waals surface area contributed by atoms with Gasteiger partial charge >= 0.3 is 5.97 Å². The monoisotopic (exact) mass is 461 g/mol. The molecular formula is C30H39NO3. The van der Waals surface area contributed by atoms with Gasteiger partial charge in [0.05, 0.1) is 18.7 Å². The Bertz CT molecular complexity index is 1100. The van der Waals surface area contributed by atoms with E-state index in [1.807, 2.05) is 6.07 Å². The van der Waals surface area contributed by atoms with Crippen molar-refractivity contribution in [1.82, 2.24) is 4.57 Å². The van der Waals surface area contributed by atoms with Gasteiger partial charge in [0.1, 0.15) is 5.75 Å². The Morgan fingerprint density at radius 1 is 1.09 bits per heavy atom. The molecule has 0 fully saturated rings. The average Bonchev–Trinajstić information content (AvgIpc) is 3.21. The summed E-state index contributed by atoms with van der Waals surface area (Å²) in [4.78, 5) is 11.4. The smallest absolute Gasteiger partial charge is 0.330 e. The second-order valence-corrected chi connectivity index (χ2v) is 9.37. The predicted octanol–water partition coefficient (Wildman–Crippen LogP) is 7.44. The molecule has 0 aliphatic heterocycles. The Hall–Kier alpha value is -3.01. The standard InChI is InChI=1S/C30H39NO3/c1-6-23(21-34-30(32)8-3)20-33-26-16-15-25-18-29(27-14-10-9-13-24(27)7-2)31(28(25)19-26)17-11-12-22(4)5/h8-10,13-16,18-19,22-23H,3,6-7,11-12,17,20-21H2,1-2,4-5H3. The normalized spacial score (nSPS) is 12.1. The zero-order valence-electron chi connectivity index (χ0n) is 21.2. The number of aromatic nitrogens is 1. The van der Waals surface area contributed by atoms with E-state index in [0.29, 0.717) is 19.1 Å². The minimum absolute atomic E-state index is 0.143. The van der Waals surface area contributed by atoms with Gasteiger partial charge in [0, 0.05) is 41.2 Å². The van der Waals surface area contributed by atoms with Crippen molar-refractivity contribution in [1.29, 1.82) is 0 Å². The summed E-state index contributed by atoms with van der Waals surface area (Å²) in [6, 6.07) is 17.4. The molecule has 1 atom stereocenters. The number of carbonyl (C=O) groups excluding carboxylic acids is 1. The molecule has 0 saturated heterocycles. The Kier molecular flexibility index (Phi) is 9.38. The summed E-state index contributed by atoms with van der Waals surface area (Å²) in [7, 11) is 0. The molecule has 0 saturated carbocycles. The number of aryl methyl sites for hydroxylation is 2. The molecule has 4 heteroatoms. The van der Waals surface area contributed by atoms with E-state index in [2.05, 4.69) is 81.3 Å². The van der Waals surface area contributed by atoms with E-state index < -0.39 is 0 Å². The fourth-order valence-electron chi connectivity index (χ4n) is 4.28. The van der Waals surface area contributed by atoms with Gasteiger partial charge in [-0.05, 0) is 55.4 Å². The number of rotatable bonds is 13. The lowest BCUT2D eigenvalue weighted by molar-refractivity contribution is -0.139. The maximum absolute atomic E-state index is 11.4. The Labute approximate surface area is 204 Å². The van der Waals surface area contributed by atoms with Crippen LogP contribution in [0.25, 0.3) is 22.2 Å². The summed E-state index contributed by atoms with van der Waals surface area (Å²) in [5, 5.41) is 1.23. The van der Waals surface area contributed by atoms with Gasteiger partial charge in [-0.2, -0.15) is 0 Å². The number of carbonyl (C=O) groups is 1. The second-order valence-electron chi connectivity index (χ2n) is 9.37. The van der Waals surface area contributed by atoms with Crippen LogP contribution >= 0.6 is 0 Å². The SMILES string of the molecule is C=CC(=O)OCC(CC)COc1ccc2cc(-c3ccccc3CC)n(CCCC(C)C)c2c1. The van der Waals surface area contributed by atoms with Crippen molar-refractivity contribution in [3.05, 3.63) is 66.7 Å². The molecule has 1 aromatic heterocycles. The van der Waals surface area contributed by atoms with Crippen molar-refractivity contribution >= 4 is 16.9 Å². The van der Waals surface area contributed by atoms with Crippen molar-refractivity contribution in [2.75, 3.05) is 13.2 Å². The lowest BCUT2D eigenvalue weighted by atomic mass is 10.0. The maximum atomic E-state index is 11.4. The van der Waals surface area contributed by atoms with Gasteiger partial charge in [0.25, 0.3) is 0 Å². The molecule has 3 aromatic rings. The highest BCUT2D eigenvalue weighted by molar-refractivity contribution is 5.88. The molecule has 0 spiro atoms. The van der Waals surface area contributed by atoms with Crippen LogP contribution in [0.2, 0.25) is 0 Å². The zero-order valence-corrected chi connectivity index (χ0v) is 21.2. The third-order valence-corrected chi connectivity index (χ3v) is 6.40. The fraction of sp³-hybridized carbons (Fsp3) is 0.433. The third kappa shape index (κ3) is 6.53. The maximum Gasteiger partial charge on any atom is 0.330 e. The number of fused-ring (bicyclic) bond motifs is 1. The molecule has 1 heterocycles. The van der Waals surface area contributed by atoms with Crippen molar-refractivity contribution in [3.63, 3.8) is 0 Å². The lowest BCUT2D eigenvalue weighted by Crippen LogP contribution is -2.19. The molecule has 0 bridgehead atoms. The second kappa shape index (κ2) is 12.5. The summed E-state index contributed by atoms with van der Waals surface area (Å²) < 4.78 is 13.8. The molecule has 2 aromatic carbocycles. The van der Waals surface area contributed by atoms with Gasteiger partial charge < -0.3 is 14.0 Å². The van der Waals surface area contributed by atoms with Gasteiger partial charge in [-0.3, -0.25) is 0 Å². The topological polar surface area (TPSA) is 40.5 Å². The molecule has 3 rings (SSSR count). The number of benzene rings is 2. The highest BCUT2D eigenvalue weighted by atomic mass is 16.5. The van der Waals surface area contributed by atoms with E-state index in [0.717, 1.165) is 31.6 Å². The van der Waals surface area contributed by atoms with Crippen LogP contribution in [0.3, 0.4) is 0 Å². The molecule has 4 nitrogen and oxygen atoms in total. The Morgan fingerprint density at radius 3 is 2.59 bits per heavy atom. The predicted molar refractivity (Wildman–Crippen MR) is 141 cm³/mol. The summed E-state index contributed by atoms with van der Waals surface area (Å²) in [6.45, 7) is 14.1. The van der Waals surface area contributed by atoms with E-state index in [1.54, 1.807) is 0 Å². The van der Waals surface area contributed by atoms with E-state index >= 15 is 0 Å². The number of esters is 1. The number of nitrogens with zero attached hydrogens (tertiary/aromatic N) is 1. The highest BCUT2D eigenvalue weighted by Gasteiger charge is 2.15. The number of hydrogen-bond donors (Lipinski definition) is 0. The zero-order chi connectivity index (χ0) is 24.5. The average molecular weight is 462 g/mol. The summed E-state index contributed by atoms with van der Waals surface area (Å²) in [6.07, 6.45) is 5.42. The number of hydrogen-bond acceptors (Lipinski definition) is 3. The molecule has 0 aliphatic carbocycles. The minimum atomic E-state index is -0.390.